The van der Waals surface area contributed by atoms with E-state index in [-0.39, 0.29) is 65.3 Å². The minimum absolute atomic E-state index is 0. The molecule has 1 aliphatic rings. The van der Waals surface area contributed by atoms with Gasteiger partial charge in [0.05, 0.1) is 6.54 Å². The summed E-state index contributed by atoms with van der Waals surface area (Å²) in [5.74, 6) is -0.259. The number of imide groups is 1. The Balaban J connectivity index is 0. The number of amides is 3. The van der Waals surface area contributed by atoms with Crippen molar-refractivity contribution in [3.8, 4) is 0 Å². The largest absolute Gasteiger partial charge is 1.00 e. The van der Waals surface area contributed by atoms with E-state index in [2.05, 4.69) is 5.32 Å². The topological polar surface area (TPSA) is 58.2 Å². The first-order valence-corrected chi connectivity index (χ1v) is 1.87. The summed E-state index contributed by atoms with van der Waals surface area (Å²) in [4.78, 5) is 20.1. The first kappa shape index (κ1) is 8.58. The Kier molecular flexibility index (Phi) is 3.83. The number of nitrogens with one attached hydrogen (secondary N) is 2. The van der Waals surface area contributed by atoms with Crippen molar-refractivity contribution in [2.75, 3.05) is 6.54 Å². The van der Waals surface area contributed by atoms with Gasteiger partial charge in [-0.05, 0) is 0 Å². The maximum absolute atomic E-state index is 10.1. The Morgan fingerprint density at radius 2 is 2.12 bits per heavy atom. The Morgan fingerprint density at radius 1 is 1.50 bits per heavy atom. The van der Waals surface area contributed by atoms with Crippen LogP contribution in [0.3, 0.4) is 0 Å². The molecule has 8 heavy (non-hydrogen) atoms. The molecule has 4 nitrogen and oxygen atoms in total. The van der Waals surface area contributed by atoms with Gasteiger partial charge < -0.3 is 6.74 Å². The average Bonchev–Trinajstić information content (AvgIpc) is 1.87. The number of rotatable bonds is 0. The van der Waals surface area contributed by atoms with Gasteiger partial charge in [-0.1, -0.05) is 0 Å². The van der Waals surface area contributed by atoms with Crippen LogP contribution in [0.2, 0.25) is 0 Å². The predicted octanol–water partition coefficient (Wildman–Crippen LogP) is -4.06. The first-order valence-electron chi connectivity index (χ1n) is 1.87. The van der Waals surface area contributed by atoms with Crippen molar-refractivity contribution in [3.63, 3.8) is 0 Å². The fourth-order valence-corrected chi connectivity index (χ4v) is 0.376. The second kappa shape index (κ2) is 3.57. The normalized spacial score (nSPS) is 16.5. The van der Waals surface area contributed by atoms with E-state index < -0.39 is 6.03 Å². The summed E-state index contributed by atoms with van der Waals surface area (Å²) in [6, 6.07) is -0.398. The van der Waals surface area contributed by atoms with E-state index in [1.54, 1.807) is 0 Å². The van der Waals surface area contributed by atoms with E-state index in [1.807, 2.05) is 5.32 Å². The van der Waals surface area contributed by atoms with Gasteiger partial charge in [0.2, 0.25) is 5.91 Å². The summed E-state index contributed by atoms with van der Waals surface area (Å²) in [6.45, 7) is 0.124. The van der Waals surface area contributed by atoms with E-state index >= 15 is 0 Å². The van der Waals surface area contributed by atoms with Crippen molar-refractivity contribution in [2.45, 2.75) is 0 Å². The minimum atomic E-state index is -0.398. The molecule has 0 radical (unpaired) electrons. The fourth-order valence-electron chi connectivity index (χ4n) is 0.376. The van der Waals surface area contributed by atoms with E-state index in [1.165, 1.54) is 0 Å². The molecule has 0 aromatic heterocycles. The SMILES string of the molecule is O=C1CNC(=O)N1.[H-].[K+]. The van der Waals surface area contributed by atoms with Crippen LogP contribution in [0, 0.1) is 0 Å². The van der Waals surface area contributed by atoms with Gasteiger partial charge in [-0.15, -0.1) is 0 Å². The van der Waals surface area contributed by atoms with Gasteiger partial charge in [0, 0.05) is 0 Å². The van der Waals surface area contributed by atoms with Crippen LogP contribution in [0.25, 0.3) is 0 Å². The predicted molar refractivity (Wildman–Crippen MR) is 22.7 cm³/mol. The number of carbonyl (C=O) groups excluding carboxylic acids is 2. The number of carbonyl (C=O) groups is 2. The van der Waals surface area contributed by atoms with Gasteiger partial charge >= 0.3 is 57.4 Å². The molecule has 40 valence electrons. The summed E-state index contributed by atoms with van der Waals surface area (Å²) in [7, 11) is 0. The first-order chi connectivity index (χ1) is 3.29. The summed E-state index contributed by atoms with van der Waals surface area (Å²) < 4.78 is 0. The third-order valence-electron chi connectivity index (χ3n) is 0.662. The summed E-state index contributed by atoms with van der Waals surface area (Å²) in [5.41, 5.74) is 0. The number of hydrogen-bond acceptors (Lipinski definition) is 2. The van der Waals surface area contributed by atoms with Crippen molar-refractivity contribution < 1.29 is 62.4 Å². The molecule has 0 unspecified atom stereocenters. The molecular formula is C3H5KN2O2. The molecule has 1 rings (SSSR count). The molecular weight excluding hydrogens is 135 g/mol. The molecule has 1 heterocycles. The van der Waals surface area contributed by atoms with Crippen molar-refractivity contribution in [3.05, 3.63) is 0 Å². The third kappa shape index (κ3) is 2.23. The second-order valence-electron chi connectivity index (χ2n) is 1.23. The van der Waals surface area contributed by atoms with Crippen LogP contribution >= 0.6 is 0 Å². The van der Waals surface area contributed by atoms with Crippen LogP contribution in [0.4, 0.5) is 4.79 Å². The molecule has 1 fully saturated rings. The number of hydrogen-bond donors (Lipinski definition) is 2. The fraction of sp³-hybridized carbons (Fsp3) is 0.333. The van der Waals surface area contributed by atoms with Crippen LogP contribution in [-0.4, -0.2) is 18.5 Å². The molecule has 5 heteroatoms. The van der Waals surface area contributed by atoms with E-state index in [4.69, 9.17) is 0 Å². The number of urea groups is 1. The van der Waals surface area contributed by atoms with Crippen LogP contribution in [-0.2, 0) is 4.79 Å². The van der Waals surface area contributed by atoms with Crippen LogP contribution in [0.15, 0.2) is 0 Å². The van der Waals surface area contributed by atoms with Gasteiger partial charge in [0.25, 0.3) is 0 Å². The van der Waals surface area contributed by atoms with Gasteiger partial charge in [-0.2, -0.15) is 0 Å². The van der Waals surface area contributed by atoms with Crippen molar-refractivity contribution in [1.82, 2.24) is 10.6 Å². The van der Waals surface area contributed by atoms with Crippen LogP contribution < -0.4 is 62.0 Å². The average molecular weight is 140 g/mol. The standard InChI is InChI=1S/C3H4N2O2.K.H/c6-2-1-4-3(7)5-2;;/h1H2,(H2,4,5,6,7);;/q;+1;-1. The summed E-state index contributed by atoms with van der Waals surface area (Å²) in [5, 5.41) is 4.30. The molecule has 3 amide bonds. The quantitative estimate of drug-likeness (QED) is 0.266. The molecule has 0 aromatic carbocycles. The molecule has 1 saturated heterocycles. The second-order valence-corrected chi connectivity index (χ2v) is 1.23. The maximum Gasteiger partial charge on any atom is 1.00 e. The molecule has 0 bridgehead atoms. The van der Waals surface area contributed by atoms with Crippen LogP contribution in [0.5, 0.6) is 0 Å². The maximum atomic E-state index is 10.1. The van der Waals surface area contributed by atoms with E-state index in [0.29, 0.717) is 0 Å². The minimum Gasteiger partial charge on any atom is -1.00 e. The molecule has 0 aromatic rings. The van der Waals surface area contributed by atoms with Crippen molar-refractivity contribution in [1.29, 1.82) is 0 Å². The molecule has 1 aliphatic heterocycles. The molecule has 0 spiro atoms. The van der Waals surface area contributed by atoms with Gasteiger partial charge in [0.1, 0.15) is 0 Å². The van der Waals surface area contributed by atoms with Crippen molar-refractivity contribution >= 4 is 11.9 Å². The van der Waals surface area contributed by atoms with Crippen LogP contribution in [0.1, 0.15) is 1.43 Å². The molecule has 0 saturated carbocycles. The molecule has 0 atom stereocenters. The Bertz CT molecular complexity index is 115. The zero-order valence-corrected chi connectivity index (χ0v) is 7.65. The summed E-state index contributed by atoms with van der Waals surface area (Å²) in [6.07, 6.45) is 0. The Hall–Kier alpha value is 0.576. The van der Waals surface area contributed by atoms with Gasteiger partial charge in [0.15, 0.2) is 0 Å². The van der Waals surface area contributed by atoms with E-state index in [0.717, 1.165) is 0 Å². The third-order valence-corrected chi connectivity index (χ3v) is 0.662. The Morgan fingerprint density at radius 3 is 2.25 bits per heavy atom. The molecule has 0 aliphatic carbocycles. The zero-order chi connectivity index (χ0) is 5.28. The van der Waals surface area contributed by atoms with Gasteiger partial charge in [-0.3, -0.25) is 10.1 Å². The zero-order valence-electron chi connectivity index (χ0n) is 5.52. The monoisotopic (exact) mass is 140 g/mol. The summed E-state index contributed by atoms with van der Waals surface area (Å²) >= 11 is 0. The molecule has 2 N–H and O–H groups in total. The Labute approximate surface area is 90.3 Å². The van der Waals surface area contributed by atoms with Crippen molar-refractivity contribution in [2.24, 2.45) is 0 Å². The smallest absolute Gasteiger partial charge is 1.00 e. The van der Waals surface area contributed by atoms with E-state index in [9.17, 15) is 9.59 Å². The van der Waals surface area contributed by atoms with Gasteiger partial charge in [-0.25, -0.2) is 4.79 Å².